The molecular weight excluding hydrogens is 463 g/mol. The topological polar surface area (TPSA) is 40.1 Å². The van der Waals surface area contributed by atoms with Crippen molar-refractivity contribution in [2.75, 3.05) is 51.8 Å². The number of hydrogen-bond acceptors (Lipinski definition) is 3. The first-order valence-electron chi connectivity index (χ1n) is 10.6. The quantitative estimate of drug-likeness (QED) is 0.389. The number of halogens is 1. The van der Waals surface area contributed by atoms with Gasteiger partial charge < -0.3 is 19.9 Å². The monoisotopic (exact) mass is 498 g/mol. The van der Waals surface area contributed by atoms with Crippen LogP contribution in [0.25, 0.3) is 0 Å². The molecule has 28 heavy (non-hydrogen) atoms. The van der Waals surface area contributed by atoms with E-state index in [9.17, 15) is 0 Å². The molecule has 156 valence electrons. The van der Waals surface area contributed by atoms with Crippen LogP contribution in [0.15, 0.2) is 29.3 Å². The molecule has 3 unspecified atom stereocenters. The Morgan fingerprint density at radius 2 is 1.82 bits per heavy atom. The summed E-state index contributed by atoms with van der Waals surface area (Å²) in [5, 5.41) is 3.68. The zero-order chi connectivity index (χ0) is 18.6. The van der Waals surface area contributed by atoms with E-state index in [4.69, 9.17) is 4.74 Å². The molecule has 1 aromatic carbocycles. The van der Waals surface area contributed by atoms with Crippen LogP contribution in [0.2, 0.25) is 0 Å². The van der Waals surface area contributed by atoms with Crippen molar-refractivity contribution < 1.29 is 4.74 Å². The van der Waals surface area contributed by atoms with Gasteiger partial charge in [0, 0.05) is 39.8 Å². The van der Waals surface area contributed by atoms with Crippen molar-refractivity contribution in [3.8, 4) is 5.75 Å². The first-order valence-corrected chi connectivity index (χ1v) is 10.6. The molecule has 2 heterocycles. The molecule has 1 aromatic rings. The van der Waals surface area contributed by atoms with E-state index in [2.05, 4.69) is 38.3 Å². The van der Waals surface area contributed by atoms with Crippen LogP contribution in [0, 0.1) is 17.8 Å². The van der Waals surface area contributed by atoms with Gasteiger partial charge in [-0.1, -0.05) is 25.0 Å². The smallest absolute Gasteiger partial charge is 0.193 e. The molecule has 5 nitrogen and oxygen atoms in total. The molecule has 3 atom stereocenters. The van der Waals surface area contributed by atoms with Crippen molar-refractivity contribution in [1.29, 1.82) is 0 Å². The summed E-state index contributed by atoms with van der Waals surface area (Å²) in [5.41, 5.74) is 1.22. The number of likely N-dealkylation sites (tertiary alicyclic amines) is 1. The van der Waals surface area contributed by atoms with Crippen molar-refractivity contribution >= 4 is 35.6 Å². The fourth-order valence-electron chi connectivity index (χ4n) is 5.26. The zero-order valence-corrected chi connectivity index (χ0v) is 19.6. The summed E-state index contributed by atoms with van der Waals surface area (Å²) >= 11 is 0. The fraction of sp³-hybridized carbons (Fsp3) is 0.682. The Morgan fingerprint density at radius 3 is 2.50 bits per heavy atom. The van der Waals surface area contributed by atoms with Crippen LogP contribution in [0.4, 0.5) is 5.69 Å². The van der Waals surface area contributed by atoms with Gasteiger partial charge in [-0.2, -0.15) is 0 Å². The first-order chi connectivity index (χ1) is 13.3. The van der Waals surface area contributed by atoms with Gasteiger partial charge in [-0.25, -0.2) is 0 Å². The molecule has 2 aliphatic heterocycles. The molecule has 1 saturated carbocycles. The normalized spacial score (nSPS) is 27.4. The number of rotatable bonds is 4. The number of guanidine groups is 1. The van der Waals surface area contributed by atoms with E-state index in [1.807, 2.05) is 13.1 Å². The van der Waals surface area contributed by atoms with Crippen molar-refractivity contribution in [3.05, 3.63) is 24.3 Å². The van der Waals surface area contributed by atoms with Gasteiger partial charge in [0.15, 0.2) is 5.96 Å². The lowest BCUT2D eigenvalue weighted by atomic mass is 9.82. The summed E-state index contributed by atoms with van der Waals surface area (Å²) in [4.78, 5) is 9.56. The summed E-state index contributed by atoms with van der Waals surface area (Å²) in [6.07, 6.45) is 6.88. The maximum absolute atomic E-state index is 5.54. The minimum Gasteiger partial charge on any atom is -0.495 e. The Kier molecular flexibility index (Phi) is 7.71. The zero-order valence-electron chi connectivity index (χ0n) is 17.3. The molecule has 6 heteroatoms. The molecule has 2 saturated heterocycles. The van der Waals surface area contributed by atoms with Crippen LogP contribution >= 0.6 is 24.0 Å². The van der Waals surface area contributed by atoms with Gasteiger partial charge in [0.2, 0.25) is 0 Å². The molecule has 1 N–H and O–H groups in total. The Labute approximate surface area is 186 Å². The lowest BCUT2D eigenvalue weighted by Gasteiger charge is -2.24. The van der Waals surface area contributed by atoms with E-state index in [0.717, 1.165) is 43.2 Å². The number of methoxy groups -OCH3 is 1. The summed E-state index contributed by atoms with van der Waals surface area (Å²) in [5.74, 6) is 4.52. The second-order valence-electron chi connectivity index (χ2n) is 8.41. The molecule has 4 rings (SSSR count). The molecule has 1 aliphatic carbocycles. The third-order valence-electron chi connectivity index (χ3n) is 6.75. The maximum atomic E-state index is 5.54. The van der Waals surface area contributed by atoms with E-state index < -0.39 is 0 Å². The predicted molar refractivity (Wildman–Crippen MR) is 127 cm³/mol. The highest BCUT2D eigenvalue weighted by atomic mass is 127. The van der Waals surface area contributed by atoms with Crippen LogP contribution in [0.3, 0.4) is 0 Å². The number of ether oxygens (including phenoxy) is 1. The minimum atomic E-state index is 0. The molecule has 0 spiro atoms. The molecular formula is C22H35IN4O. The van der Waals surface area contributed by atoms with Crippen molar-refractivity contribution in [1.82, 2.24) is 10.2 Å². The Balaban J connectivity index is 0.00000225. The Bertz CT molecular complexity index is 654. The summed E-state index contributed by atoms with van der Waals surface area (Å²) < 4.78 is 5.54. The van der Waals surface area contributed by atoms with E-state index in [0.29, 0.717) is 5.92 Å². The number of nitrogens with one attached hydrogen (secondary N) is 1. The maximum Gasteiger partial charge on any atom is 0.193 e. The Hall–Kier alpha value is -1.18. The lowest BCUT2D eigenvalue weighted by molar-refractivity contribution is 0.299. The number of para-hydroxylation sites is 2. The molecule has 0 amide bonds. The van der Waals surface area contributed by atoms with Gasteiger partial charge in [-0.05, 0) is 49.1 Å². The predicted octanol–water partition coefficient (Wildman–Crippen LogP) is 3.84. The van der Waals surface area contributed by atoms with E-state index in [-0.39, 0.29) is 24.0 Å². The second-order valence-corrected chi connectivity index (χ2v) is 8.41. The third-order valence-corrected chi connectivity index (χ3v) is 6.75. The molecule has 3 fully saturated rings. The lowest BCUT2D eigenvalue weighted by Crippen LogP contribution is -2.42. The second kappa shape index (κ2) is 10.0. The average molecular weight is 498 g/mol. The highest BCUT2D eigenvalue weighted by Crippen LogP contribution is 2.36. The SMILES string of the molecule is CN=C(NCC1CCN(c2ccccc2OC)C1)N1CC2CCCCC2C1.I. The summed E-state index contributed by atoms with van der Waals surface area (Å²) in [6.45, 7) is 5.57. The van der Waals surface area contributed by atoms with Gasteiger partial charge in [-0.15, -0.1) is 24.0 Å². The van der Waals surface area contributed by atoms with Crippen LogP contribution in [0.1, 0.15) is 32.1 Å². The molecule has 0 aromatic heterocycles. The number of anilines is 1. The van der Waals surface area contributed by atoms with Gasteiger partial charge >= 0.3 is 0 Å². The number of aliphatic imine (C=N–C) groups is 1. The van der Waals surface area contributed by atoms with Gasteiger partial charge in [-0.3, -0.25) is 4.99 Å². The van der Waals surface area contributed by atoms with E-state index >= 15 is 0 Å². The number of benzene rings is 1. The standard InChI is InChI=1S/C22H34N4O.HI/c1-23-22(26-15-18-7-3-4-8-19(18)16-26)24-13-17-11-12-25(14-17)20-9-5-6-10-21(20)27-2;/h5-6,9-10,17-19H,3-4,7-8,11-16H2,1-2H3,(H,23,24);1H. The van der Waals surface area contributed by atoms with Gasteiger partial charge in [0.05, 0.1) is 12.8 Å². The van der Waals surface area contributed by atoms with Crippen molar-refractivity contribution in [3.63, 3.8) is 0 Å². The van der Waals surface area contributed by atoms with Crippen molar-refractivity contribution in [2.45, 2.75) is 32.1 Å². The van der Waals surface area contributed by atoms with Crippen LogP contribution < -0.4 is 15.0 Å². The highest BCUT2D eigenvalue weighted by Gasteiger charge is 2.35. The number of hydrogen-bond donors (Lipinski definition) is 1. The number of fused-ring (bicyclic) bond motifs is 1. The molecule has 0 radical (unpaired) electrons. The largest absolute Gasteiger partial charge is 0.495 e. The van der Waals surface area contributed by atoms with E-state index in [1.54, 1.807) is 7.11 Å². The van der Waals surface area contributed by atoms with Crippen molar-refractivity contribution in [2.24, 2.45) is 22.7 Å². The average Bonchev–Trinajstić information content (AvgIpc) is 3.35. The summed E-state index contributed by atoms with van der Waals surface area (Å²) in [7, 11) is 3.69. The van der Waals surface area contributed by atoms with Gasteiger partial charge in [0.25, 0.3) is 0 Å². The van der Waals surface area contributed by atoms with Gasteiger partial charge in [0.1, 0.15) is 5.75 Å². The van der Waals surface area contributed by atoms with Crippen LogP contribution in [-0.4, -0.2) is 57.7 Å². The number of nitrogens with zero attached hydrogens (tertiary/aromatic N) is 3. The van der Waals surface area contributed by atoms with Crippen LogP contribution in [-0.2, 0) is 0 Å². The van der Waals surface area contributed by atoms with E-state index in [1.165, 1.54) is 50.9 Å². The van der Waals surface area contributed by atoms with Crippen LogP contribution in [0.5, 0.6) is 5.75 Å². The Morgan fingerprint density at radius 1 is 1.11 bits per heavy atom. The highest BCUT2D eigenvalue weighted by molar-refractivity contribution is 14.0. The molecule has 3 aliphatic rings. The third kappa shape index (κ3) is 4.69. The fourth-order valence-corrected chi connectivity index (χ4v) is 5.26. The first kappa shape index (κ1) is 21.5. The minimum absolute atomic E-state index is 0. The molecule has 0 bridgehead atoms. The summed E-state index contributed by atoms with van der Waals surface area (Å²) in [6, 6.07) is 8.35.